The van der Waals surface area contributed by atoms with Crippen molar-refractivity contribution in [2.45, 2.75) is 13.0 Å². The third-order valence-corrected chi connectivity index (χ3v) is 2.35. The van der Waals surface area contributed by atoms with Crippen LogP contribution in [0.25, 0.3) is 0 Å². The molecule has 0 bridgehead atoms. The average molecular weight is 232 g/mol. The van der Waals surface area contributed by atoms with Crippen molar-refractivity contribution in [3.63, 3.8) is 0 Å². The predicted molar refractivity (Wildman–Crippen MR) is 60.0 cm³/mol. The molecule has 1 aliphatic rings. The van der Waals surface area contributed by atoms with Crippen LogP contribution in [0.2, 0.25) is 0 Å². The van der Waals surface area contributed by atoms with Crippen molar-refractivity contribution < 1.29 is 14.3 Å². The van der Waals surface area contributed by atoms with Gasteiger partial charge in [-0.05, 0) is 19.1 Å². The SMILES string of the molecule is CC(C#N)NC(=O)c1cccc2c1OCCO2. The first-order valence-electron chi connectivity index (χ1n) is 5.31. The van der Waals surface area contributed by atoms with Crippen molar-refractivity contribution in [2.75, 3.05) is 13.2 Å². The van der Waals surface area contributed by atoms with E-state index in [0.29, 0.717) is 30.3 Å². The quantitative estimate of drug-likeness (QED) is 0.828. The Morgan fingerprint density at radius 3 is 3.00 bits per heavy atom. The molecular weight excluding hydrogens is 220 g/mol. The number of fused-ring (bicyclic) bond motifs is 1. The van der Waals surface area contributed by atoms with Crippen LogP contribution in [0.1, 0.15) is 17.3 Å². The van der Waals surface area contributed by atoms with Crippen LogP contribution >= 0.6 is 0 Å². The molecule has 0 aliphatic carbocycles. The molecule has 0 saturated carbocycles. The van der Waals surface area contributed by atoms with Gasteiger partial charge in [0.1, 0.15) is 19.3 Å². The lowest BCUT2D eigenvalue weighted by Gasteiger charge is -2.20. The summed E-state index contributed by atoms with van der Waals surface area (Å²) in [6, 6.07) is 6.52. The number of carbonyl (C=O) groups excluding carboxylic acids is 1. The van der Waals surface area contributed by atoms with Crippen LogP contribution in [0.4, 0.5) is 0 Å². The van der Waals surface area contributed by atoms with E-state index < -0.39 is 6.04 Å². The normalized spacial score (nSPS) is 14.6. The number of nitrogens with one attached hydrogen (secondary N) is 1. The summed E-state index contributed by atoms with van der Waals surface area (Å²) in [5.74, 6) is 0.677. The fraction of sp³-hybridized carbons (Fsp3) is 0.333. The highest BCUT2D eigenvalue weighted by atomic mass is 16.6. The minimum atomic E-state index is -0.539. The molecule has 88 valence electrons. The van der Waals surface area contributed by atoms with Crippen molar-refractivity contribution >= 4 is 5.91 Å². The zero-order valence-electron chi connectivity index (χ0n) is 9.40. The highest BCUT2D eigenvalue weighted by Gasteiger charge is 2.20. The van der Waals surface area contributed by atoms with E-state index in [2.05, 4.69) is 5.32 Å². The predicted octanol–water partition coefficient (Wildman–Crippen LogP) is 1.10. The zero-order valence-corrected chi connectivity index (χ0v) is 9.40. The Labute approximate surface area is 98.9 Å². The molecule has 0 aromatic heterocycles. The number of benzene rings is 1. The summed E-state index contributed by atoms with van der Waals surface area (Å²) < 4.78 is 10.8. The first-order valence-corrected chi connectivity index (χ1v) is 5.31. The Morgan fingerprint density at radius 2 is 2.24 bits per heavy atom. The first-order chi connectivity index (χ1) is 8.22. The molecule has 0 spiro atoms. The van der Waals surface area contributed by atoms with Crippen LogP contribution in [0.3, 0.4) is 0 Å². The van der Waals surface area contributed by atoms with Gasteiger partial charge in [0.05, 0.1) is 11.6 Å². The first kappa shape index (κ1) is 11.3. The van der Waals surface area contributed by atoms with Gasteiger partial charge < -0.3 is 14.8 Å². The summed E-state index contributed by atoms with van der Waals surface area (Å²) in [5.41, 5.74) is 0.393. The van der Waals surface area contributed by atoms with Gasteiger partial charge in [-0.1, -0.05) is 6.07 Å². The summed E-state index contributed by atoms with van der Waals surface area (Å²) in [4.78, 5) is 11.9. The van der Waals surface area contributed by atoms with Gasteiger partial charge >= 0.3 is 0 Å². The lowest BCUT2D eigenvalue weighted by Crippen LogP contribution is -2.32. The highest BCUT2D eigenvalue weighted by molar-refractivity contribution is 5.98. The molecule has 1 N–H and O–H groups in total. The van der Waals surface area contributed by atoms with Crippen molar-refractivity contribution in [3.05, 3.63) is 23.8 Å². The van der Waals surface area contributed by atoms with Gasteiger partial charge in [0, 0.05) is 0 Å². The van der Waals surface area contributed by atoms with E-state index >= 15 is 0 Å². The van der Waals surface area contributed by atoms with Crippen LogP contribution < -0.4 is 14.8 Å². The molecular formula is C12H12N2O3. The number of amides is 1. The number of para-hydroxylation sites is 1. The lowest BCUT2D eigenvalue weighted by molar-refractivity contribution is 0.0936. The second kappa shape index (κ2) is 4.74. The topological polar surface area (TPSA) is 71.4 Å². The molecule has 0 fully saturated rings. The Hall–Kier alpha value is -2.22. The Kier molecular flexibility index (Phi) is 3.15. The van der Waals surface area contributed by atoms with E-state index in [9.17, 15) is 4.79 Å². The molecule has 17 heavy (non-hydrogen) atoms. The average Bonchev–Trinajstić information content (AvgIpc) is 2.37. The Balaban J connectivity index is 2.27. The van der Waals surface area contributed by atoms with E-state index in [-0.39, 0.29) is 5.91 Å². The molecule has 0 saturated heterocycles. The highest BCUT2D eigenvalue weighted by Crippen LogP contribution is 2.33. The van der Waals surface area contributed by atoms with Crippen molar-refractivity contribution in [1.29, 1.82) is 5.26 Å². The van der Waals surface area contributed by atoms with Gasteiger partial charge in [0.25, 0.3) is 5.91 Å². The number of hydrogen-bond donors (Lipinski definition) is 1. The molecule has 1 aromatic rings. The van der Waals surface area contributed by atoms with E-state index in [1.54, 1.807) is 25.1 Å². The minimum Gasteiger partial charge on any atom is -0.486 e. The molecule has 1 amide bonds. The van der Waals surface area contributed by atoms with Crippen LogP contribution in [0.5, 0.6) is 11.5 Å². The number of ether oxygens (including phenoxy) is 2. The van der Waals surface area contributed by atoms with E-state index in [1.807, 2.05) is 6.07 Å². The molecule has 0 radical (unpaired) electrons. The molecule has 1 atom stereocenters. The van der Waals surface area contributed by atoms with Crippen LogP contribution in [0.15, 0.2) is 18.2 Å². The third kappa shape index (κ3) is 2.31. The van der Waals surface area contributed by atoms with Gasteiger partial charge in [-0.2, -0.15) is 5.26 Å². The maximum atomic E-state index is 11.9. The monoisotopic (exact) mass is 232 g/mol. The Bertz CT molecular complexity index is 479. The maximum Gasteiger partial charge on any atom is 0.256 e. The maximum absolute atomic E-state index is 11.9. The summed E-state index contributed by atoms with van der Waals surface area (Å²) in [5, 5.41) is 11.2. The zero-order chi connectivity index (χ0) is 12.3. The van der Waals surface area contributed by atoms with Crippen LogP contribution in [-0.2, 0) is 0 Å². The van der Waals surface area contributed by atoms with Gasteiger partial charge in [-0.25, -0.2) is 0 Å². The van der Waals surface area contributed by atoms with E-state index in [1.165, 1.54) is 0 Å². The second-order valence-electron chi connectivity index (χ2n) is 3.65. The van der Waals surface area contributed by atoms with Crippen LogP contribution in [0, 0.1) is 11.3 Å². The number of nitrogens with zero attached hydrogens (tertiary/aromatic N) is 1. The summed E-state index contributed by atoms with van der Waals surface area (Å²) in [6.45, 7) is 2.52. The smallest absolute Gasteiger partial charge is 0.256 e. The lowest BCUT2D eigenvalue weighted by atomic mass is 10.1. The largest absolute Gasteiger partial charge is 0.486 e. The molecule has 1 aromatic carbocycles. The standard InChI is InChI=1S/C12H12N2O3/c1-8(7-13)14-12(15)9-3-2-4-10-11(9)17-6-5-16-10/h2-4,8H,5-6H2,1H3,(H,14,15). The van der Waals surface area contributed by atoms with Gasteiger partial charge in [0.15, 0.2) is 11.5 Å². The molecule has 1 heterocycles. The summed E-state index contributed by atoms with van der Waals surface area (Å²) >= 11 is 0. The van der Waals surface area contributed by atoms with Gasteiger partial charge in [-0.15, -0.1) is 0 Å². The second-order valence-corrected chi connectivity index (χ2v) is 3.65. The number of carbonyl (C=O) groups is 1. The fourth-order valence-electron chi connectivity index (χ4n) is 1.56. The minimum absolute atomic E-state index is 0.332. The molecule has 1 unspecified atom stereocenters. The molecule has 2 rings (SSSR count). The van der Waals surface area contributed by atoms with Crippen molar-refractivity contribution in [3.8, 4) is 17.6 Å². The van der Waals surface area contributed by atoms with Crippen LogP contribution in [-0.4, -0.2) is 25.2 Å². The Morgan fingerprint density at radius 1 is 1.47 bits per heavy atom. The number of hydrogen-bond acceptors (Lipinski definition) is 4. The van der Waals surface area contributed by atoms with E-state index in [0.717, 1.165) is 0 Å². The third-order valence-electron chi connectivity index (χ3n) is 2.35. The van der Waals surface area contributed by atoms with Crippen molar-refractivity contribution in [1.82, 2.24) is 5.32 Å². The van der Waals surface area contributed by atoms with Crippen molar-refractivity contribution in [2.24, 2.45) is 0 Å². The molecule has 1 aliphatic heterocycles. The number of nitriles is 1. The fourth-order valence-corrected chi connectivity index (χ4v) is 1.56. The molecule has 5 nitrogen and oxygen atoms in total. The molecule has 5 heteroatoms. The van der Waals surface area contributed by atoms with Gasteiger partial charge in [-0.3, -0.25) is 4.79 Å². The number of rotatable bonds is 2. The van der Waals surface area contributed by atoms with E-state index in [4.69, 9.17) is 14.7 Å². The summed E-state index contributed by atoms with van der Waals surface area (Å²) in [7, 11) is 0. The summed E-state index contributed by atoms with van der Waals surface area (Å²) in [6.07, 6.45) is 0. The van der Waals surface area contributed by atoms with Gasteiger partial charge in [0.2, 0.25) is 0 Å².